The molecular weight excluding hydrogens is 330 g/mol. The van der Waals surface area contributed by atoms with Crippen LogP contribution in [0, 0.1) is 5.92 Å². The third-order valence-electron chi connectivity index (χ3n) is 5.48. The molecule has 1 aromatic rings. The highest BCUT2D eigenvalue weighted by Crippen LogP contribution is 2.34. The zero-order valence-electron chi connectivity index (χ0n) is 15.2. The van der Waals surface area contributed by atoms with Gasteiger partial charge in [0.15, 0.2) is 0 Å². The van der Waals surface area contributed by atoms with E-state index < -0.39 is 0 Å². The summed E-state index contributed by atoms with van der Waals surface area (Å²) in [6.07, 6.45) is 1.17. The lowest BCUT2D eigenvalue weighted by molar-refractivity contribution is -0.138. The van der Waals surface area contributed by atoms with E-state index in [-0.39, 0.29) is 37.0 Å². The number of rotatable bonds is 3. The molecular formula is C19H25N5O2. The van der Waals surface area contributed by atoms with E-state index in [1.54, 1.807) is 18.0 Å². The number of carbonyl (C=O) groups is 2. The molecule has 0 aliphatic carbocycles. The van der Waals surface area contributed by atoms with Gasteiger partial charge in [-0.1, -0.05) is 31.2 Å². The Morgan fingerprint density at radius 1 is 1.23 bits per heavy atom. The lowest BCUT2D eigenvalue weighted by atomic mass is 10.0. The minimum Gasteiger partial charge on any atom is -0.343 e. The Labute approximate surface area is 153 Å². The maximum absolute atomic E-state index is 13.1. The number of nitrogens with zero attached hydrogens (tertiary/aromatic N) is 4. The topological polar surface area (TPSA) is 59.1 Å². The smallest absolute Gasteiger partial charge is 0.328 e. The number of imide groups is 1. The van der Waals surface area contributed by atoms with Crippen molar-refractivity contribution in [3.8, 4) is 0 Å². The number of likely N-dealkylation sites (N-methyl/N-ethyl adjacent to an activating group) is 1. The zero-order valence-corrected chi connectivity index (χ0v) is 15.2. The fourth-order valence-electron chi connectivity index (χ4n) is 4.34. The van der Waals surface area contributed by atoms with Crippen LogP contribution in [0.5, 0.6) is 0 Å². The Morgan fingerprint density at radius 2 is 1.96 bits per heavy atom. The van der Waals surface area contributed by atoms with Gasteiger partial charge in [-0.2, -0.15) is 0 Å². The highest BCUT2D eigenvalue weighted by molar-refractivity contribution is 6.00. The molecule has 26 heavy (non-hydrogen) atoms. The van der Waals surface area contributed by atoms with Crippen LogP contribution in [-0.4, -0.2) is 71.8 Å². The first kappa shape index (κ1) is 17.1. The standard InChI is InChI=1S/C19H25N5O2/c1-4-10-22-17(25)15-16(21(3)19(22)26)20-18-23(11-13(2)12-24(15)18)14-8-6-5-7-9-14/h4-9,13,15-16,18,20H,1,10-12H2,2-3H3. The molecule has 3 saturated heterocycles. The van der Waals surface area contributed by atoms with Gasteiger partial charge in [0.2, 0.25) is 0 Å². The van der Waals surface area contributed by atoms with Crippen molar-refractivity contribution < 1.29 is 9.59 Å². The molecule has 0 saturated carbocycles. The number of fused-ring (bicyclic) bond motifs is 3. The first-order valence-electron chi connectivity index (χ1n) is 9.05. The van der Waals surface area contributed by atoms with Gasteiger partial charge in [-0.3, -0.25) is 19.9 Å². The largest absolute Gasteiger partial charge is 0.343 e. The van der Waals surface area contributed by atoms with Gasteiger partial charge in [0.1, 0.15) is 18.5 Å². The van der Waals surface area contributed by atoms with Gasteiger partial charge in [-0.05, 0) is 18.1 Å². The van der Waals surface area contributed by atoms with Crippen molar-refractivity contribution in [3.05, 3.63) is 43.0 Å². The minimum absolute atomic E-state index is 0.105. The molecule has 4 unspecified atom stereocenters. The van der Waals surface area contributed by atoms with Crippen LogP contribution in [0.25, 0.3) is 0 Å². The average Bonchev–Trinajstić information content (AvgIpc) is 3.03. The van der Waals surface area contributed by atoms with E-state index in [0.717, 1.165) is 18.8 Å². The van der Waals surface area contributed by atoms with Gasteiger partial charge in [0.05, 0.1) is 0 Å². The normalized spacial score (nSPS) is 31.8. The van der Waals surface area contributed by atoms with E-state index in [0.29, 0.717) is 5.92 Å². The van der Waals surface area contributed by atoms with Gasteiger partial charge in [-0.15, -0.1) is 6.58 Å². The summed E-state index contributed by atoms with van der Waals surface area (Å²) in [5.74, 6) is 0.269. The quantitative estimate of drug-likeness (QED) is 0.823. The molecule has 7 nitrogen and oxygen atoms in total. The van der Waals surface area contributed by atoms with Crippen molar-refractivity contribution in [1.82, 2.24) is 20.0 Å². The average molecular weight is 355 g/mol. The summed E-state index contributed by atoms with van der Waals surface area (Å²) in [4.78, 5) is 33.1. The number of nitrogens with one attached hydrogen (secondary N) is 1. The maximum atomic E-state index is 13.1. The van der Waals surface area contributed by atoms with Crippen molar-refractivity contribution >= 4 is 17.6 Å². The lowest BCUT2D eigenvalue weighted by Gasteiger charge is -2.45. The number of amides is 3. The van der Waals surface area contributed by atoms with E-state index in [9.17, 15) is 9.59 Å². The van der Waals surface area contributed by atoms with E-state index in [4.69, 9.17) is 0 Å². The van der Waals surface area contributed by atoms with Crippen molar-refractivity contribution in [3.63, 3.8) is 0 Å². The molecule has 1 N–H and O–H groups in total. The summed E-state index contributed by atoms with van der Waals surface area (Å²) in [6, 6.07) is 9.56. The van der Waals surface area contributed by atoms with E-state index in [2.05, 4.69) is 40.8 Å². The molecule has 3 fully saturated rings. The number of hydrogen-bond acceptors (Lipinski definition) is 5. The van der Waals surface area contributed by atoms with Crippen LogP contribution in [0.1, 0.15) is 6.92 Å². The SMILES string of the molecule is C=CCN1C(=O)C2C(NC3N(c4ccccc4)CC(C)CN23)N(C)C1=O. The predicted octanol–water partition coefficient (Wildman–Crippen LogP) is 1.11. The van der Waals surface area contributed by atoms with E-state index in [1.807, 2.05) is 18.2 Å². The Hall–Kier alpha value is -2.38. The number of hydrogen-bond donors (Lipinski definition) is 1. The fourth-order valence-corrected chi connectivity index (χ4v) is 4.34. The molecule has 0 radical (unpaired) electrons. The van der Waals surface area contributed by atoms with Gasteiger partial charge in [0.25, 0.3) is 5.91 Å². The summed E-state index contributed by atoms with van der Waals surface area (Å²) >= 11 is 0. The summed E-state index contributed by atoms with van der Waals surface area (Å²) in [5.41, 5.74) is 1.12. The molecule has 3 heterocycles. The van der Waals surface area contributed by atoms with E-state index in [1.165, 1.54) is 4.90 Å². The van der Waals surface area contributed by atoms with Gasteiger partial charge in [0, 0.05) is 32.4 Å². The molecule has 7 heteroatoms. The van der Waals surface area contributed by atoms with Gasteiger partial charge in [-0.25, -0.2) is 4.79 Å². The second-order valence-corrected chi connectivity index (χ2v) is 7.35. The predicted molar refractivity (Wildman–Crippen MR) is 99.2 cm³/mol. The second-order valence-electron chi connectivity index (χ2n) is 7.35. The maximum Gasteiger partial charge on any atom is 0.328 e. The van der Waals surface area contributed by atoms with Crippen molar-refractivity contribution in [2.45, 2.75) is 25.4 Å². The van der Waals surface area contributed by atoms with Gasteiger partial charge >= 0.3 is 6.03 Å². The Kier molecular flexibility index (Phi) is 4.20. The molecule has 3 amide bonds. The molecule has 3 aliphatic rings. The van der Waals surface area contributed by atoms with Crippen LogP contribution in [0.2, 0.25) is 0 Å². The Bertz CT molecular complexity index is 724. The highest BCUT2D eigenvalue weighted by Gasteiger charge is 2.56. The van der Waals surface area contributed by atoms with Crippen LogP contribution in [-0.2, 0) is 4.79 Å². The minimum atomic E-state index is -0.378. The number of carbonyl (C=O) groups excluding carboxylic acids is 2. The van der Waals surface area contributed by atoms with Crippen LogP contribution in [0.3, 0.4) is 0 Å². The third kappa shape index (κ3) is 2.50. The summed E-state index contributed by atoms with van der Waals surface area (Å²) in [5, 5.41) is 3.52. The van der Waals surface area contributed by atoms with Crippen LogP contribution < -0.4 is 10.2 Å². The van der Waals surface area contributed by atoms with Crippen LogP contribution >= 0.6 is 0 Å². The second kappa shape index (κ2) is 6.41. The van der Waals surface area contributed by atoms with Crippen molar-refractivity contribution in [2.75, 3.05) is 31.6 Å². The number of benzene rings is 1. The number of urea groups is 1. The van der Waals surface area contributed by atoms with E-state index >= 15 is 0 Å². The first-order valence-corrected chi connectivity index (χ1v) is 9.05. The lowest BCUT2D eigenvalue weighted by Crippen LogP contribution is -2.66. The highest BCUT2D eigenvalue weighted by atomic mass is 16.2. The zero-order chi connectivity index (χ0) is 18.4. The van der Waals surface area contributed by atoms with Crippen molar-refractivity contribution in [2.24, 2.45) is 5.92 Å². The molecule has 0 bridgehead atoms. The Balaban J connectivity index is 1.69. The molecule has 4 atom stereocenters. The summed E-state index contributed by atoms with van der Waals surface area (Å²) in [7, 11) is 1.75. The third-order valence-corrected chi connectivity index (χ3v) is 5.48. The molecule has 138 valence electrons. The fraction of sp³-hybridized carbons (Fsp3) is 0.474. The van der Waals surface area contributed by atoms with Crippen molar-refractivity contribution in [1.29, 1.82) is 0 Å². The monoisotopic (exact) mass is 355 g/mol. The van der Waals surface area contributed by atoms with Crippen LogP contribution in [0.4, 0.5) is 10.5 Å². The molecule has 4 rings (SSSR count). The summed E-state index contributed by atoms with van der Waals surface area (Å²) < 4.78 is 0. The Morgan fingerprint density at radius 3 is 2.65 bits per heavy atom. The number of para-hydroxylation sites is 1. The molecule has 3 aliphatic heterocycles. The molecule has 1 aromatic carbocycles. The number of anilines is 1. The van der Waals surface area contributed by atoms with Gasteiger partial charge < -0.3 is 9.80 Å². The van der Waals surface area contributed by atoms with Crippen LogP contribution in [0.15, 0.2) is 43.0 Å². The molecule has 0 aromatic heterocycles. The summed E-state index contributed by atoms with van der Waals surface area (Å²) in [6.45, 7) is 7.83. The first-order chi connectivity index (χ1) is 12.5. The molecule has 0 spiro atoms.